The van der Waals surface area contributed by atoms with E-state index in [4.69, 9.17) is 21.1 Å². The Morgan fingerprint density at radius 2 is 0.762 bits per heavy atom. The number of alkyl halides is 1. The molecule has 0 amide bonds. The topological polar surface area (TPSA) is 52.6 Å². The molecule has 0 rings (SSSR count). The first-order chi connectivity index (χ1) is 20.6. The van der Waals surface area contributed by atoms with Crippen molar-refractivity contribution in [2.24, 2.45) is 0 Å². The highest BCUT2D eigenvalue weighted by atomic mass is 35.5. The number of hydrogen-bond acceptors (Lipinski definition) is 4. The van der Waals surface area contributed by atoms with Gasteiger partial charge in [0.15, 0.2) is 0 Å². The van der Waals surface area contributed by atoms with Crippen molar-refractivity contribution in [1.29, 1.82) is 0 Å². The average molecular weight is 613 g/mol. The molecule has 0 aromatic rings. The molecule has 0 heterocycles. The summed E-state index contributed by atoms with van der Waals surface area (Å²) >= 11 is 6.19. The maximum atomic E-state index is 12.0. The van der Waals surface area contributed by atoms with E-state index in [1.54, 1.807) is 0 Å². The Kier molecular flexibility index (Phi) is 33.6. The monoisotopic (exact) mass is 612 g/mol. The van der Waals surface area contributed by atoms with Gasteiger partial charge in [0, 0.05) is 12.8 Å². The molecule has 0 aromatic heterocycles. The SMILES string of the molecule is CCCCCCCC/C=C\CCCCCCCC(=O)OCC(Cl)COC(=O)CCCCCCCCCCCCCCC. The molecule has 0 aliphatic carbocycles. The average Bonchev–Trinajstić information content (AvgIpc) is 2.99. The van der Waals surface area contributed by atoms with Gasteiger partial charge in [-0.3, -0.25) is 9.59 Å². The molecule has 0 saturated heterocycles. The molecule has 0 saturated carbocycles. The van der Waals surface area contributed by atoms with Gasteiger partial charge < -0.3 is 9.47 Å². The number of rotatable bonds is 33. The molecule has 4 nitrogen and oxygen atoms in total. The maximum absolute atomic E-state index is 12.0. The fourth-order valence-electron chi connectivity index (χ4n) is 5.19. The molecule has 42 heavy (non-hydrogen) atoms. The third-order valence-corrected chi connectivity index (χ3v) is 8.23. The second-order valence-electron chi connectivity index (χ2n) is 12.3. The Bertz CT molecular complexity index is 607. The van der Waals surface area contributed by atoms with Crippen molar-refractivity contribution in [2.75, 3.05) is 13.2 Å². The Labute approximate surface area is 266 Å². The van der Waals surface area contributed by atoms with Crippen molar-refractivity contribution in [1.82, 2.24) is 0 Å². The second kappa shape index (κ2) is 34.5. The first-order valence-corrected chi connectivity index (χ1v) is 18.6. The maximum Gasteiger partial charge on any atom is 0.305 e. The molecular formula is C37H69ClO4. The van der Waals surface area contributed by atoms with Crippen LogP contribution < -0.4 is 0 Å². The minimum Gasteiger partial charge on any atom is -0.464 e. The third-order valence-electron chi connectivity index (χ3n) is 7.98. The van der Waals surface area contributed by atoms with E-state index in [-0.39, 0.29) is 25.2 Å². The quantitative estimate of drug-likeness (QED) is 0.0320. The summed E-state index contributed by atoms with van der Waals surface area (Å²) in [6.07, 6.45) is 38.3. The predicted molar refractivity (Wildman–Crippen MR) is 181 cm³/mol. The van der Waals surface area contributed by atoms with Crippen LogP contribution in [0.4, 0.5) is 0 Å². The Hall–Kier alpha value is -1.03. The van der Waals surface area contributed by atoms with Crippen LogP contribution in [0.5, 0.6) is 0 Å². The third kappa shape index (κ3) is 33.5. The largest absolute Gasteiger partial charge is 0.464 e. The van der Waals surface area contributed by atoms with Gasteiger partial charge in [-0.25, -0.2) is 0 Å². The lowest BCUT2D eigenvalue weighted by atomic mass is 10.0. The van der Waals surface area contributed by atoms with Gasteiger partial charge in [-0.15, -0.1) is 11.6 Å². The second-order valence-corrected chi connectivity index (χ2v) is 12.9. The van der Waals surface area contributed by atoms with Crippen LogP contribution in [0, 0.1) is 0 Å². The number of halogens is 1. The van der Waals surface area contributed by atoms with Gasteiger partial charge in [0.25, 0.3) is 0 Å². The first-order valence-electron chi connectivity index (χ1n) is 18.2. The summed E-state index contributed by atoms with van der Waals surface area (Å²) in [5, 5.41) is -0.487. The minimum absolute atomic E-state index is 0.0947. The standard InChI is InChI=1S/C37H69ClO4/c1-3-5-7-9-11-13-15-17-18-20-22-24-26-28-30-32-37(40)42-34-35(38)33-41-36(39)31-29-27-25-23-21-19-16-14-12-10-8-6-4-2/h17-18,35H,3-16,19-34H2,1-2H3/b18-17-. The Balaban J connectivity index is 3.42. The van der Waals surface area contributed by atoms with E-state index in [1.807, 2.05) is 0 Å². The van der Waals surface area contributed by atoms with Gasteiger partial charge in [0.2, 0.25) is 0 Å². The van der Waals surface area contributed by atoms with E-state index in [9.17, 15) is 9.59 Å². The minimum atomic E-state index is -0.487. The number of ether oxygens (including phenoxy) is 2. The molecular weight excluding hydrogens is 544 g/mol. The highest BCUT2D eigenvalue weighted by molar-refractivity contribution is 6.21. The molecule has 0 N–H and O–H groups in total. The van der Waals surface area contributed by atoms with Crippen LogP contribution in [0.2, 0.25) is 0 Å². The van der Waals surface area contributed by atoms with Crippen molar-refractivity contribution < 1.29 is 19.1 Å². The molecule has 5 heteroatoms. The smallest absolute Gasteiger partial charge is 0.305 e. The lowest BCUT2D eigenvalue weighted by Gasteiger charge is -2.11. The molecule has 0 aliphatic heterocycles. The van der Waals surface area contributed by atoms with Gasteiger partial charge in [-0.2, -0.15) is 0 Å². The lowest BCUT2D eigenvalue weighted by molar-refractivity contribution is -0.146. The number of esters is 2. The van der Waals surface area contributed by atoms with E-state index >= 15 is 0 Å². The van der Waals surface area contributed by atoms with Crippen molar-refractivity contribution >= 4 is 23.5 Å². The molecule has 0 aliphatic rings. The van der Waals surface area contributed by atoms with E-state index in [1.165, 1.54) is 135 Å². The van der Waals surface area contributed by atoms with Gasteiger partial charge in [-0.1, -0.05) is 154 Å². The highest BCUT2D eigenvalue weighted by Crippen LogP contribution is 2.14. The fraction of sp³-hybridized carbons (Fsp3) is 0.892. The van der Waals surface area contributed by atoms with E-state index in [0.717, 1.165) is 32.1 Å². The van der Waals surface area contributed by atoms with Gasteiger partial charge >= 0.3 is 11.9 Å². The van der Waals surface area contributed by atoms with Crippen LogP contribution in [0.3, 0.4) is 0 Å². The normalized spacial score (nSPS) is 12.2. The molecule has 0 aromatic carbocycles. The van der Waals surface area contributed by atoms with Crippen molar-refractivity contribution in [2.45, 2.75) is 199 Å². The van der Waals surface area contributed by atoms with Gasteiger partial charge in [0.1, 0.15) is 18.6 Å². The fourth-order valence-corrected chi connectivity index (χ4v) is 5.31. The van der Waals surface area contributed by atoms with Crippen LogP contribution in [0.1, 0.15) is 194 Å². The zero-order valence-electron chi connectivity index (χ0n) is 28.0. The number of allylic oxidation sites excluding steroid dienone is 2. The van der Waals surface area contributed by atoms with Crippen molar-refractivity contribution in [3.63, 3.8) is 0 Å². The molecule has 0 bridgehead atoms. The van der Waals surface area contributed by atoms with Crippen LogP contribution in [-0.2, 0) is 19.1 Å². The van der Waals surface area contributed by atoms with E-state index in [2.05, 4.69) is 26.0 Å². The van der Waals surface area contributed by atoms with Gasteiger partial charge in [0.05, 0.1) is 0 Å². The predicted octanol–water partition coefficient (Wildman–Crippen LogP) is 12.2. The zero-order valence-corrected chi connectivity index (χ0v) is 28.7. The number of carbonyl (C=O) groups excluding carboxylic acids is 2. The first kappa shape index (κ1) is 41.0. The van der Waals surface area contributed by atoms with Crippen LogP contribution in [0.25, 0.3) is 0 Å². The van der Waals surface area contributed by atoms with Crippen LogP contribution >= 0.6 is 11.6 Å². The summed E-state index contributed by atoms with van der Waals surface area (Å²) in [7, 11) is 0. The number of hydrogen-bond donors (Lipinski definition) is 0. The summed E-state index contributed by atoms with van der Waals surface area (Å²) < 4.78 is 10.5. The molecule has 248 valence electrons. The highest BCUT2D eigenvalue weighted by Gasteiger charge is 2.12. The molecule has 0 fully saturated rings. The number of unbranched alkanes of at least 4 members (excludes halogenated alkanes) is 23. The zero-order chi connectivity index (χ0) is 30.8. The molecule has 0 radical (unpaired) electrons. The summed E-state index contributed by atoms with van der Waals surface area (Å²) in [5.74, 6) is -0.417. The molecule has 1 atom stereocenters. The van der Waals surface area contributed by atoms with Crippen molar-refractivity contribution in [3.05, 3.63) is 12.2 Å². The van der Waals surface area contributed by atoms with Crippen LogP contribution in [-0.4, -0.2) is 30.5 Å². The summed E-state index contributed by atoms with van der Waals surface area (Å²) in [6.45, 7) is 4.72. The van der Waals surface area contributed by atoms with E-state index in [0.29, 0.717) is 12.8 Å². The number of carbonyl (C=O) groups is 2. The Morgan fingerprint density at radius 1 is 0.476 bits per heavy atom. The van der Waals surface area contributed by atoms with Gasteiger partial charge in [-0.05, 0) is 38.5 Å². The van der Waals surface area contributed by atoms with E-state index < -0.39 is 5.38 Å². The van der Waals surface area contributed by atoms with Crippen molar-refractivity contribution in [3.8, 4) is 0 Å². The summed E-state index contributed by atoms with van der Waals surface area (Å²) in [6, 6.07) is 0. The summed E-state index contributed by atoms with van der Waals surface area (Å²) in [5.41, 5.74) is 0. The molecule has 1 unspecified atom stereocenters. The van der Waals surface area contributed by atoms with Crippen LogP contribution in [0.15, 0.2) is 12.2 Å². The molecule has 0 spiro atoms. The lowest BCUT2D eigenvalue weighted by Crippen LogP contribution is -2.21. The summed E-state index contributed by atoms with van der Waals surface area (Å²) in [4.78, 5) is 23.9. The Morgan fingerprint density at radius 3 is 1.10 bits per heavy atom.